The Morgan fingerprint density at radius 3 is 1.38 bits per heavy atom. The van der Waals surface area contributed by atoms with Crippen LogP contribution in [0.1, 0.15) is 22.3 Å². The van der Waals surface area contributed by atoms with Crippen molar-refractivity contribution in [1.82, 2.24) is 4.57 Å². The van der Waals surface area contributed by atoms with Crippen LogP contribution >= 0.6 is 0 Å². The van der Waals surface area contributed by atoms with Crippen molar-refractivity contribution >= 4 is 171 Å². The van der Waals surface area contributed by atoms with Gasteiger partial charge in [-0.05, 0) is 134 Å². The fourth-order valence-electron chi connectivity index (χ4n) is 13.9. The summed E-state index contributed by atoms with van der Waals surface area (Å²) in [5.74, 6) is 0. The Balaban J connectivity index is 1.20. The van der Waals surface area contributed by atoms with Gasteiger partial charge in [0, 0.05) is 50.3 Å². The summed E-state index contributed by atoms with van der Waals surface area (Å²) in [6.07, 6.45) is 0. The summed E-state index contributed by atoms with van der Waals surface area (Å²) in [4.78, 5) is 4.89. The van der Waals surface area contributed by atoms with E-state index >= 15 is 0 Å². The molecule has 13 aromatic rings. The normalized spacial score (nSPS) is 13.7. The van der Waals surface area contributed by atoms with Crippen LogP contribution in [0.3, 0.4) is 0 Å². The third-order valence-corrected chi connectivity index (χ3v) is 18.0. The summed E-state index contributed by atoms with van der Waals surface area (Å²) in [5, 5.41) is 7.58. The molecule has 0 radical (unpaired) electrons. The van der Waals surface area contributed by atoms with E-state index in [0.29, 0.717) is 0 Å². The molecule has 0 fully saturated rings. The molecule has 0 bridgehead atoms. The first-order valence-corrected chi connectivity index (χ1v) is 27.8. The summed E-state index contributed by atoms with van der Waals surface area (Å²) in [7, 11) is 16.6. The molecule has 14 rings (SSSR count). The van der Waals surface area contributed by atoms with Gasteiger partial charge >= 0.3 is 0 Å². The van der Waals surface area contributed by atoms with Crippen molar-refractivity contribution in [3.05, 3.63) is 265 Å². The van der Waals surface area contributed by atoms with Crippen LogP contribution in [0.15, 0.2) is 243 Å². The first kappa shape index (κ1) is 48.4. The SMILES string of the molecule is Bc1c(B)c(B)c2c(C3(c4cccc5c6ccccc6n(-c6ccccc6)c45)c4ccc(N(c5ccccc5)c5ccccc5)cc4-c4cc(N(c5ccccc5)c5cccc6ccccc56)ccc43)c(B)c(B)c(B)c2c1B. The van der Waals surface area contributed by atoms with Gasteiger partial charge in [0.05, 0.1) is 22.1 Å². The first-order valence-electron chi connectivity index (χ1n) is 27.8. The number of anilines is 6. The van der Waals surface area contributed by atoms with E-state index in [0.717, 1.165) is 39.8 Å². The Kier molecular flexibility index (Phi) is 11.6. The van der Waals surface area contributed by atoms with E-state index in [1.54, 1.807) is 0 Å². The molecule has 1 aromatic heterocycles. The molecular formula is C69H54B7N3. The molecule has 1 atom stereocenters. The van der Waals surface area contributed by atoms with Crippen molar-refractivity contribution in [3.63, 3.8) is 0 Å². The van der Waals surface area contributed by atoms with E-state index in [2.05, 4.69) is 312 Å². The highest BCUT2D eigenvalue weighted by Crippen LogP contribution is 2.60. The Morgan fingerprint density at radius 1 is 0.316 bits per heavy atom. The number of hydrogen-bond donors (Lipinski definition) is 0. The van der Waals surface area contributed by atoms with E-state index in [-0.39, 0.29) is 0 Å². The van der Waals surface area contributed by atoms with Gasteiger partial charge in [-0.3, -0.25) is 0 Å². The molecule has 3 nitrogen and oxygen atoms in total. The predicted octanol–water partition coefficient (Wildman–Crippen LogP) is 6.20. The van der Waals surface area contributed by atoms with Crippen LogP contribution in [0.2, 0.25) is 0 Å². The summed E-state index contributed by atoms with van der Waals surface area (Å²) in [6.45, 7) is 0. The van der Waals surface area contributed by atoms with E-state index in [4.69, 9.17) is 0 Å². The maximum absolute atomic E-state index is 2.55. The van der Waals surface area contributed by atoms with Crippen molar-refractivity contribution in [2.75, 3.05) is 9.80 Å². The average molecular weight is 1000 g/mol. The lowest BCUT2D eigenvalue weighted by molar-refractivity contribution is 0.786. The van der Waals surface area contributed by atoms with Crippen LogP contribution in [-0.4, -0.2) is 59.5 Å². The van der Waals surface area contributed by atoms with Gasteiger partial charge < -0.3 is 14.4 Å². The zero-order chi connectivity index (χ0) is 53.7. The van der Waals surface area contributed by atoms with Gasteiger partial charge in [-0.2, -0.15) is 0 Å². The minimum absolute atomic E-state index is 0.844. The van der Waals surface area contributed by atoms with Crippen molar-refractivity contribution < 1.29 is 0 Å². The first-order chi connectivity index (χ1) is 38.7. The Bertz CT molecular complexity index is 4530. The minimum Gasteiger partial charge on any atom is -0.310 e. The van der Waals surface area contributed by atoms with E-state index in [1.807, 2.05) is 0 Å². The fraction of sp³-hybridized carbons (Fsp3) is 0.0145. The van der Waals surface area contributed by atoms with Crippen LogP contribution in [0.5, 0.6) is 0 Å². The summed E-state index contributed by atoms with van der Waals surface area (Å²) in [5.41, 5.74) is 26.3. The number of fused-ring (bicyclic) bond motifs is 8. The molecule has 1 aliphatic carbocycles. The maximum atomic E-state index is 2.55. The highest BCUT2D eigenvalue weighted by atomic mass is 15.1. The van der Waals surface area contributed by atoms with Crippen LogP contribution in [0.25, 0.3) is 60.2 Å². The number of rotatable bonds is 9. The van der Waals surface area contributed by atoms with E-state index in [9.17, 15) is 0 Å². The largest absolute Gasteiger partial charge is 0.310 e. The van der Waals surface area contributed by atoms with Crippen LogP contribution in [0, 0.1) is 0 Å². The Hall–Kier alpha value is -8.99. The molecule has 0 N–H and O–H groups in total. The second-order valence-electron chi connectivity index (χ2n) is 21.8. The van der Waals surface area contributed by atoms with Crippen molar-refractivity contribution in [2.45, 2.75) is 5.41 Å². The van der Waals surface area contributed by atoms with Crippen molar-refractivity contribution in [2.24, 2.45) is 0 Å². The second-order valence-corrected chi connectivity index (χ2v) is 21.8. The molecule has 10 heteroatoms. The van der Waals surface area contributed by atoms with Gasteiger partial charge in [0.25, 0.3) is 0 Å². The highest BCUT2D eigenvalue weighted by molar-refractivity contribution is 6.71. The van der Waals surface area contributed by atoms with Gasteiger partial charge in [0.1, 0.15) is 54.9 Å². The number of nitrogens with zero attached hydrogens (tertiary/aromatic N) is 3. The summed E-state index contributed by atoms with van der Waals surface area (Å²) in [6, 6.07) is 90.1. The van der Waals surface area contributed by atoms with Crippen LogP contribution < -0.4 is 48.0 Å². The molecule has 0 saturated heterocycles. The topological polar surface area (TPSA) is 11.4 Å². The molecule has 1 unspecified atom stereocenters. The summed E-state index contributed by atoms with van der Waals surface area (Å²) < 4.78 is 2.55. The molecule has 1 heterocycles. The predicted molar refractivity (Wildman–Crippen MR) is 360 cm³/mol. The van der Waals surface area contributed by atoms with Gasteiger partial charge in [0.15, 0.2) is 0 Å². The lowest BCUT2D eigenvalue weighted by Crippen LogP contribution is -2.54. The molecule has 0 aliphatic heterocycles. The Labute approximate surface area is 469 Å². The number of aromatic nitrogens is 1. The molecule has 79 heavy (non-hydrogen) atoms. The summed E-state index contributed by atoms with van der Waals surface area (Å²) >= 11 is 0. The molecule has 366 valence electrons. The number of para-hydroxylation sites is 6. The third kappa shape index (κ3) is 7.23. The smallest absolute Gasteiger partial charge is 0.139 e. The lowest BCUT2D eigenvalue weighted by atomic mass is 9.54. The number of hydrogen-bond acceptors (Lipinski definition) is 2. The molecule has 12 aromatic carbocycles. The van der Waals surface area contributed by atoms with Gasteiger partial charge in [0.2, 0.25) is 0 Å². The molecule has 0 saturated carbocycles. The third-order valence-electron chi connectivity index (χ3n) is 18.0. The molecule has 0 spiro atoms. The van der Waals surface area contributed by atoms with E-state index in [1.165, 1.54) is 115 Å². The van der Waals surface area contributed by atoms with Gasteiger partial charge in [-0.15, -0.1) is 16.4 Å². The Morgan fingerprint density at radius 2 is 0.772 bits per heavy atom. The molecule has 1 aliphatic rings. The van der Waals surface area contributed by atoms with E-state index < -0.39 is 5.41 Å². The zero-order valence-corrected chi connectivity index (χ0v) is 45.9. The minimum atomic E-state index is -0.844. The van der Waals surface area contributed by atoms with Crippen molar-refractivity contribution in [1.29, 1.82) is 0 Å². The average Bonchev–Trinajstić information content (AvgIpc) is 4.04. The molecular weight excluding hydrogens is 946 g/mol. The second kappa shape index (κ2) is 18.9. The highest BCUT2D eigenvalue weighted by Gasteiger charge is 2.50. The fourth-order valence-corrected chi connectivity index (χ4v) is 13.9. The van der Waals surface area contributed by atoms with Crippen LogP contribution in [-0.2, 0) is 5.41 Å². The van der Waals surface area contributed by atoms with Gasteiger partial charge in [-0.1, -0.05) is 180 Å². The lowest BCUT2D eigenvalue weighted by Gasteiger charge is -2.39. The van der Waals surface area contributed by atoms with Crippen LogP contribution in [0.4, 0.5) is 34.1 Å². The quantitative estimate of drug-likeness (QED) is 0.160. The zero-order valence-electron chi connectivity index (χ0n) is 45.9. The molecule has 0 amide bonds. The monoisotopic (exact) mass is 1000 g/mol. The standard InChI is InChI=1S/C69H54B7N3/c70-61-58-59(63(72)67(76)66(61)75)62(71)65(74)64(73)60(58)69(55-32-18-31-50-49-30-15-16-33-57(49)79(68(50)55)45-27-11-4-12-28-45)53-37-35-46(77(42-21-5-1-6-22-42)43-23-7-2-8-24-43)39-51(53)52-40-47(36-38-54(52)69)78(44-25-9-3-10-26-44)56-34-17-20-41-19-13-14-29-48(41)56/h1-40H,70-76H2. The maximum Gasteiger partial charge on any atom is 0.139 e. The van der Waals surface area contributed by atoms with Gasteiger partial charge in [-0.25, -0.2) is 0 Å². The number of benzene rings is 12. The van der Waals surface area contributed by atoms with Crippen molar-refractivity contribution in [3.8, 4) is 16.8 Å².